The molecule has 0 atom stereocenters. The highest BCUT2D eigenvalue weighted by Gasteiger charge is 2.40. The highest BCUT2D eigenvalue weighted by Crippen LogP contribution is 2.46. The van der Waals surface area contributed by atoms with Gasteiger partial charge in [0.15, 0.2) is 17.3 Å². The van der Waals surface area contributed by atoms with Gasteiger partial charge < -0.3 is 38.1 Å². The molecule has 0 saturated carbocycles. The molecule has 0 bridgehead atoms. The maximum Gasteiger partial charge on any atom is 0.420 e. The van der Waals surface area contributed by atoms with Crippen LogP contribution >= 0.6 is 15.9 Å². The van der Waals surface area contributed by atoms with E-state index < -0.39 is 35.1 Å². The average Bonchev–Trinajstić information content (AvgIpc) is 2.98. The fourth-order valence-corrected chi connectivity index (χ4v) is 4.87. The van der Waals surface area contributed by atoms with Gasteiger partial charge >= 0.3 is 12.4 Å². The molecule has 0 aliphatic carbocycles. The number of morpholine rings is 1. The van der Waals surface area contributed by atoms with Crippen molar-refractivity contribution >= 4 is 21.6 Å². The summed E-state index contributed by atoms with van der Waals surface area (Å²) in [7, 11) is 7.90. The maximum absolute atomic E-state index is 13.6. The number of anilines is 1. The summed E-state index contributed by atoms with van der Waals surface area (Å²) in [6.07, 6.45) is -9.10. The maximum atomic E-state index is 13.6. The smallest absolute Gasteiger partial charge is 0.420 e. The van der Waals surface area contributed by atoms with Crippen LogP contribution in [0.15, 0.2) is 28.7 Å². The molecule has 244 valence electrons. The summed E-state index contributed by atoms with van der Waals surface area (Å²) in [6.45, 7) is 4.95. The van der Waals surface area contributed by atoms with E-state index in [0.717, 1.165) is 12.1 Å². The second kappa shape index (κ2) is 14.7. The first kappa shape index (κ1) is 36.9. The summed E-state index contributed by atoms with van der Waals surface area (Å²) in [4.78, 5) is 1.81. The van der Waals surface area contributed by atoms with Crippen LogP contribution in [-0.2, 0) is 47.6 Å². The lowest BCUT2D eigenvalue weighted by Gasteiger charge is -2.34. The van der Waals surface area contributed by atoms with Crippen LogP contribution in [0, 0.1) is 0 Å². The van der Waals surface area contributed by atoms with Crippen LogP contribution in [0.3, 0.4) is 0 Å². The van der Waals surface area contributed by atoms with Crippen molar-refractivity contribution in [2.75, 3.05) is 73.9 Å². The minimum absolute atomic E-state index is 0.181. The third kappa shape index (κ3) is 8.45. The molecule has 1 heterocycles. The van der Waals surface area contributed by atoms with E-state index in [0.29, 0.717) is 32.0 Å². The Kier molecular flexibility index (Phi) is 12.6. The first-order valence-corrected chi connectivity index (χ1v) is 13.5. The zero-order valence-corrected chi connectivity index (χ0v) is 26.7. The van der Waals surface area contributed by atoms with Crippen molar-refractivity contribution in [3.8, 4) is 11.5 Å². The normalized spacial score (nSPS) is 14.7. The zero-order valence-electron chi connectivity index (χ0n) is 25.1. The minimum atomic E-state index is -4.56. The number of hydrogen-bond acceptors (Lipinski definition) is 8. The van der Waals surface area contributed by atoms with Gasteiger partial charge in [-0.05, 0) is 54.0 Å². The molecule has 1 aliphatic rings. The number of alkyl halides is 6. The summed E-state index contributed by atoms with van der Waals surface area (Å²) in [5.74, 6) is -3.05. The van der Waals surface area contributed by atoms with Gasteiger partial charge in [-0.3, -0.25) is 0 Å². The lowest BCUT2D eigenvalue weighted by molar-refractivity contribution is -0.202. The van der Waals surface area contributed by atoms with E-state index in [2.05, 4.69) is 15.9 Å². The summed E-state index contributed by atoms with van der Waals surface area (Å²) in [6, 6.07) is 5.06. The fraction of sp³-hybridized carbons (Fsp3) is 0.571. The van der Waals surface area contributed by atoms with E-state index >= 15 is 0 Å². The zero-order chi connectivity index (χ0) is 32.8. The van der Waals surface area contributed by atoms with E-state index in [1.54, 1.807) is 13.0 Å². The average molecular weight is 692 g/mol. The number of ether oxygens (including phenoxy) is 7. The molecule has 0 radical (unpaired) electrons. The van der Waals surface area contributed by atoms with Crippen LogP contribution in [0.1, 0.15) is 36.1 Å². The quantitative estimate of drug-likeness (QED) is 0.207. The second-order valence-electron chi connectivity index (χ2n) is 9.42. The number of rotatable bonds is 9. The number of hydrogen-bond donors (Lipinski definition) is 0. The molecule has 1 fully saturated rings. The molecule has 2 aromatic rings. The van der Waals surface area contributed by atoms with Crippen LogP contribution in [0.4, 0.5) is 32.0 Å². The number of nitrogens with zero attached hydrogens (tertiary/aromatic N) is 1. The van der Waals surface area contributed by atoms with Crippen LogP contribution in [-0.4, -0.2) is 69.0 Å². The fourth-order valence-electron chi connectivity index (χ4n) is 4.25. The summed E-state index contributed by atoms with van der Waals surface area (Å²) >= 11 is 3.07. The molecule has 1 aliphatic heterocycles. The minimum Gasteiger partial charge on any atom is -0.495 e. The van der Waals surface area contributed by atoms with Gasteiger partial charge in [0.1, 0.15) is 11.3 Å². The van der Waals surface area contributed by atoms with Crippen molar-refractivity contribution in [2.45, 2.75) is 37.8 Å². The van der Waals surface area contributed by atoms with Crippen molar-refractivity contribution in [1.82, 2.24) is 0 Å². The topological polar surface area (TPSA) is 67.9 Å². The lowest BCUT2D eigenvalue weighted by Crippen LogP contribution is -2.37. The Labute approximate surface area is 255 Å². The molecule has 1 saturated heterocycles. The van der Waals surface area contributed by atoms with Gasteiger partial charge in [0.2, 0.25) is 0 Å². The van der Waals surface area contributed by atoms with Crippen LogP contribution in [0.2, 0.25) is 0 Å². The highest BCUT2D eigenvalue weighted by molar-refractivity contribution is 9.10. The number of benzene rings is 2. The van der Waals surface area contributed by atoms with E-state index in [4.69, 9.17) is 33.2 Å². The molecule has 0 unspecified atom stereocenters. The Balaban J connectivity index is 0.000000309. The molecule has 3 rings (SSSR count). The molecule has 43 heavy (non-hydrogen) atoms. The first-order chi connectivity index (χ1) is 20.0. The van der Waals surface area contributed by atoms with Gasteiger partial charge in [0.25, 0.3) is 0 Å². The number of methoxy groups -OCH3 is 6. The van der Waals surface area contributed by atoms with Gasteiger partial charge in [0, 0.05) is 52.7 Å². The lowest BCUT2D eigenvalue weighted by atomic mass is 10.00. The first-order valence-electron chi connectivity index (χ1n) is 12.7. The van der Waals surface area contributed by atoms with Crippen LogP contribution in [0.25, 0.3) is 0 Å². The van der Waals surface area contributed by atoms with Gasteiger partial charge in [-0.2, -0.15) is 26.3 Å². The molecule has 0 aromatic heterocycles. The summed E-state index contributed by atoms with van der Waals surface area (Å²) < 4.78 is 116. The summed E-state index contributed by atoms with van der Waals surface area (Å²) in [5, 5.41) is 0. The Morgan fingerprint density at radius 1 is 0.651 bits per heavy atom. The van der Waals surface area contributed by atoms with E-state index in [1.165, 1.54) is 55.6 Å². The third-order valence-electron chi connectivity index (χ3n) is 7.09. The predicted molar refractivity (Wildman–Crippen MR) is 149 cm³/mol. The molecular weight excluding hydrogens is 656 g/mol. The van der Waals surface area contributed by atoms with Gasteiger partial charge in [0.05, 0.1) is 43.2 Å². The second-order valence-corrected chi connectivity index (χ2v) is 10.3. The largest absolute Gasteiger partial charge is 0.495 e. The van der Waals surface area contributed by atoms with Crippen molar-refractivity contribution < 1.29 is 59.5 Å². The molecule has 0 N–H and O–H groups in total. The SMILES string of the molecule is COc1c(Br)cc(C(C)(OC)OC)cc1C(F)(F)F.COc1c(N2CCOCC2)cc(C(C)(OC)OC)cc1C(F)(F)F. The van der Waals surface area contributed by atoms with Crippen molar-refractivity contribution in [1.29, 1.82) is 0 Å². The predicted octanol–water partition coefficient (Wildman–Crippen LogP) is 6.96. The van der Waals surface area contributed by atoms with Crippen molar-refractivity contribution in [3.63, 3.8) is 0 Å². The third-order valence-corrected chi connectivity index (χ3v) is 7.68. The van der Waals surface area contributed by atoms with E-state index in [9.17, 15) is 26.3 Å². The van der Waals surface area contributed by atoms with Crippen molar-refractivity contribution in [3.05, 3.63) is 51.0 Å². The Hall–Kier alpha value is -2.30. The molecular formula is C28H36BrF6NO7. The van der Waals surface area contributed by atoms with E-state index in [1.807, 2.05) is 4.90 Å². The van der Waals surface area contributed by atoms with Crippen LogP contribution in [0.5, 0.6) is 11.5 Å². The molecule has 0 spiro atoms. The van der Waals surface area contributed by atoms with Crippen molar-refractivity contribution in [2.24, 2.45) is 0 Å². The molecule has 15 heteroatoms. The van der Waals surface area contributed by atoms with Gasteiger partial charge in [-0.1, -0.05) is 0 Å². The molecule has 0 amide bonds. The van der Waals surface area contributed by atoms with Gasteiger partial charge in [-0.15, -0.1) is 0 Å². The molecule has 8 nitrogen and oxygen atoms in total. The van der Waals surface area contributed by atoms with Crippen LogP contribution < -0.4 is 14.4 Å². The van der Waals surface area contributed by atoms with E-state index in [-0.39, 0.29) is 27.1 Å². The number of halogens is 7. The molecule has 2 aromatic carbocycles. The standard InChI is InChI=1S/C16H22F3NO4.C12H14BrF3O3/c1-15(22-3,23-4)11-9-12(16(17,18)19)14(21-2)13(10-11)20-5-7-24-8-6-20;1-11(18-3,19-4)7-5-8(12(14,15)16)10(17-2)9(13)6-7/h9-10H,5-8H2,1-4H3;5-6H,1-4H3. The summed E-state index contributed by atoms with van der Waals surface area (Å²) in [5.41, 5.74) is -0.894. The monoisotopic (exact) mass is 691 g/mol. The Morgan fingerprint density at radius 3 is 1.42 bits per heavy atom. The highest BCUT2D eigenvalue weighted by atomic mass is 79.9. The van der Waals surface area contributed by atoms with Gasteiger partial charge in [-0.25, -0.2) is 0 Å². The Morgan fingerprint density at radius 2 is 1.05 bits per heavy atom. The Bertz CT molecular complexity index is 1210.